The lowest BCUT2D eigenvalue weighted by Crippen LogP contribution is -2.17. The Morgan fingerprint density at radius 3 is 2.45 bits per heavy atom. The highest BCUT2D eigenvalue weighted by atomic mass is 35.5. The molecule has 0 saturated carbocycles. The fourth-order valence-corrected chi connectivity index (χ4v) is 2.27. The van der Waals surface area contributed by atoms with Gasteiger partial charge in [0.15, 0.2) is 5.69 Å². The molecule has 0 saturated heterocycles. The molecule has 2 rings (SSSR count). The van der Waals surface area contributed by atoms with Crippen LogP contribution in [-0.2, 0) is 0 Å². The smallest absolute Gasteiger partial charge is 0.276 e. The third kappa shape index (κ3) is 2.88. The molecule has 0 spiro atoms. The zero-order chi connectivity index (χ0) is 14.9. The number of hydrogen-bond donors (Lipinski definition) is 2. The van der Waals surface area contributed by atoms with Crippen molar-refractivity contribution in [2.24, 2.45) is 0 Å². The van der Waals surface area contributed by atoms with Crippen LogP contribution in [0.25, 0.3) is 0 Å². The standard InChI is InChI=1S/C14H15ClN4O/c1-7-4-8(2)11(9(3)5-7)18-13(20)12-10(15)6-17-14(16)19-12/h4-6H,1-3H3,(H,18,20)(H2,16,17,19). The van der Waals surface area contributed by atoms with Gasteiger partial charge < -0.3 is 11.1 Å². The van der Waals surface area contributed by atoms with Gasteiger partial charge in [-0.15, -0.1) is 0 Å². The molecular formula is C14H15ClN4O. The molecule has 1 aromatic heterocycles. The number of anilines is 2. The SMILES string of the molecule is Cc1cc(C)c(NC(=O)c2nc(N)ncc2Cl)c(C)c1. The van der Waals surface area contributed by atoms with Gasteiger partial charge in [-0.1, -0.05) is 29.3 Å². The van der Waals surface area contributed by atoms with E-state index in [0.717, 1.165) is 22.4 Å². The van der Waals surface area contributed by atoms with E-state index < -0.39 is 5.91 Å². The minimum atomic E-state index is -0.404. The number of nitrogens with two attached hydrogens (primary N) is 1. The maximum Gasteiger partial charge on any atom is 0.276 e. The Labute approximate surface area is 122 Å². The van der Waals surface area contributed by atoms with E-state index in [2.05, 4.69) is 15.3 Å². The Hall–Kier alpha value is -2.14. The van der Waals surface area contributed by atoms with Gasteiger partial charge >= 0.3 is 0 Å². The highest BCUT2D eigenvalue weighted by Gasteiger charge is 2.15. The van der Waals surface area contributed by atoms with Crippen LogP contribution >= 0.6 is 11.6 Å². The van der Waals surface area contributed by atoms with Crippen LogP contribution < -0.4 is 11.1 Å². The minimum Gasteiger partial charge on any atom is -0.368 e. The molecule has 0 fully saturated rings. The molecule has 0 radical (unpaired) electrons. The van der Waals surface area contributed by atoms with Crippen molar-refractivity contribution >= 4 is 29.1 Å². The molecular weight excluding hydrogens is 276 g/mol. The molecule has 3 N–H and O–H groups in total. The summed E-state index contributed by atoms with van der Waals surface area (Å²) in [6.45, 7) is 5.88. The second kappa shape index (κ2) is 5.46. The zero-order valence-electron chi connectivity index (χ0n) is 11.5. The number of carbonyl (C=O) groups excluding carboxylic acids is 1. The molecule has 0 aliphatic heterocycles. The summed E-state index contributed by atoms with van der Waals surface area (Å²) in [4.78, 5) is 19.8. The van der Waals surface area contributed by atoms with Gasteiger partial charge in [0.2, 0.25) is 5.95 Å². The molecule has 6 heteroatoms. The Morgan fingerprint density at radius 1 is 1.25 bits per heavy atom. The molecule has 0 aliphatic rings. The summed E-state index contributed by atoms with van der Waals surface area (Å²) in [6, 6.07) is 4.00. The average Bonchev–Trinajstić information content (AvgIpc) is 2.36. The second-order valence-electron chi connectivity index (χ2n) is 4.65. The molecule has 1 amide bonds. The third-order valence-electron chi connectivity index (χ3n) is 2.89. The number of rotatable bonds is 2. The van der Waals surface area contributed by atoms with Crippen LogP contribution in [0.4, 0.5) is 11.6 Å². The van der Waals surface area contributed by atoms with Crippen LogP contribution in [0.15, 0.2) is 18.3 Å². The number of nitrogens with zero attached hydrogens (tertiary/aromatic N) is 2. The van der Waals surface area contributed by atoms with Crippen LogP contribution in [0.1, 0.15) is 27.2 Å². The van der Waals surface area contributed by atoms with Gasteiger partial charge in [-0.25, -0.2) is 9.97 Å². The molecule has 2 aromatic rings. The maximum absolute atomic E-state index is 12.2. The number of benzene rings is 1. The summed E-state index contributed by atoms with van der Waals surface area (Å²) >= 11 is 5.92. The first kappa shape index (κ1) is 14.3. The minimum absolute atomic E-state index is 0.0110. The Bertz CT molecular complexity index is 662. The van der Waals surface area contributed by atoms with Crippen LogP contribution in [0, 0.1) is 20.8 Å². The van der Waals surface area contributed by atoms with Crippen LogP contribution in [-0.4, -0.2) is 15.9 Å². The monoisotopic (exact) mass is 290 g/mol. The highest BCUT2D eigenvalue weighted by molar-refractivity contribution is 6.34. The normalized spacial score (nSPS) is 10.4. The number of aromatic nitrogens is 2. The second-order valence-corrected chi connectivity index (χ2v) is 5.06. The van der Waals surface area contributed by atoms with Crippen LogP contribution in [0.5, 0.6) is 0 Å². The summed E-state index contributed by atoms with van der Waals surface area (Å²) in [5.74, 6) is -0.393. The fraction of sp³-hybridized carbons (Fsp3) is 0.214. The van der Waals surface area contributed by atoms with E-state index in [4.69, 9.17) is 17.3 Å². The van der Waals surface area contributed by atoms with E-state index in [0.29, 0.717) is 0 Å². The fourth-order valence-electron chi connectivity index (χ4n) is 2.09. The van der Waals surface area contributed by atoms with E-state index >= 15 is 0 Å². The van der Waals surface area contributed by atoms with Gasteiger partial charge in [0.25, 0.3) is 5.91 Å². The van der Waals surface area contributed by atoms with Gasteiger partial charge in [0, 0.05) is 5.69 Å². The Kier molecular flexibility index (Phi) is 3.90. The third-order valence-corrected chi connectivity index (χ3v) is 3.17. The Balaban J connectivity index is 2.35. The number of nitrogen functional groups attached to an aromatic ring is 1. The number of nitrogens with one attached hydrogen (secondary N) is 1. The molecule has 0 bridgehead atoms. The number of carbonyl (C=O) groups is 1. The molecule has 5 nitrogen and oxygen atoms in total. The molecule has 104 valence electrons. The predicted octanol–water partition coefficient (Wildman–Crippen LogP) is 2.89. The number of aryl methyl sites for hydroxylation is 3. The van der Waals surface area contributed by atoms with Crippen molar-refractivity contribution < 1.29 is 4.79 Å². The van der Waals surface area contributed by atoms with Gasteiger partial charge in [-0.3, -0.25) is 4.79 Å². The van der Waals surface area contributed by atoms with Crippen molar-refractivity contribution in [2.75, 3.05) is 11.1 Å². The quantitative estimate of drug-likeness (QED) is 0.891. The van der Waals surface area contributed by atoms with E-state index in [9.17, 15) is 4.79 Å². The van der Waals surface area contributed by atoms with Gasteiger partial charge in [-0.05, 0) is 31.9 Å². The first-order chi connectivity index (χ1) is 9.38. The van der Waals surface area contributed by atoms with Gasteiger partial charge in [0.05, 0.1) is 11.2 Å². The highest BCUT2D eigenvalue weighted by Crippen LogP contribution is 2.23. The number of halogens is 1. The largest absolute Gasteiger partial charge is 0.368 e. The van der Waals surface area contributed by atoms with E-state index in [1.54, 1.807) is 0 Å². The van der Waals surface area contributed by atoms with Crippen molar-refractivity contribution in [2.45, 2.75) is 20.8 Å². The lowest BCUT2D eigenvalue weighted by atomic mass is 10.1. The van der Waals surface area contributed by atoms with Crippen molar-refractivity contribution in [3.63, 3.8) is 0 Å². The summed E-state index contributed by atoms with van der Waals surface area (Å²) in [5.41, 5.74) is 9.41. The van der Waals surface area contributed by atoms with Crippen molar-refractivity contribution in [3.05, 3.63) is 45.7 Å². The van der Waals surface area contributed by atoms with Crippen LogP contribution in [0.2, 0.25) is 5.02 Å². The van der Waals surface area contributed by atoms with E-state index in [1.807, 2.05) is 32.9 Å². The van der Waals surface area contributed by atoms with Crippen LogP contribution in [0.3, 0.4) is 0 Å². The summed E-state index contributed by atoms with van der Waals surface area (Å²) in [6.07, 6.45) is 1.31. The zero-order valence-corrected chi connectivity index (χ0v) is 12.2. The molecule has 20 heavy (non-hydrogen) atoms. The number of amides is 1. The molecule has 1 aromatic carbocycles. The van der Waals surface area contributed by atoms with Crippen molar-refractivity contribution in [1.29, 1.82) is 0 Å². The lowest BCUT2D eigenvalue weighted by molar-refractivity contribution is 0.102. The predicted molar refractivity (Wildman–Crippen MR) is 80.1 cm³/mol. The topological polar surface area (TPSA) is 80.9 Å². The average molecular weight is 291 g/mol. The Morgan fingerprint density at radius 2 is 1.85 bits per heavy atom. The van der Waals surface area contributed by atoms with Gasteiger partial charge in [-0.2, -0.15) is 0 Å². The summed E-state index contributed by atoms with van der Waals surface area (Å²) in [7, 11) is 0. The van der Waals surface area contributed by atoms with Gasteiger partial charge in [0.1, 0.15) is 0 Å². The lowest BCUT2D eigenvalue weighted by Gasteiger charge is -2.13. The maximum atomic E-state index is 12.2. The number of hydrogen-bond acceptors (Lipinski definition) is 4. The summed E-state index contributed by atoms with van der Waals surface area (Å²) < 4.78 is 0. The first-order valence-corrected chi connectivity index (χ1v) is 6.43. The molecule has 0 atom stereocenters. The molecule has 0 aliphatic carbocycles. The van der Waals surface area contributed by atoms with Crippen molar-refractivity contribution in [3.8, 4) is 0 Å². The van der Waals surface area contributed by atoms with E-state index in [1.165, 1.54) is 6.20 Å². The van der Waals surface area contributed by atoms with E-state index in [-0.39, 0.29) is 16.7 Å². The summed E-state index contributed by atoms with van der Waals surface area (Å²) in [5, 5.41) is 2.99. The molecule has 1 heterocycles. The first-order valence-electron chi connectivity index (χ1n) is 6.05. The van der Waals surface area contributed by atoms with Crippen molar-refractivity contribution in [1.82, 2.24) is 9.97 Å². The molecule has 0 unspecified atom stereocenters.